The maximum atomic E-state index is 6.10. The van der Waals surface area contributed by atoms with Crippen molar-refractivity contribution >= 4 is 0 Å². The zero-order chi connectivity index (χ0) is 11.9. The maximum absolute atomic E-state index is 6.10. The van der Waals surface area contributed by atoms with Crippen LogP contribution in [0.5, 0.6) is 0 Å². The predicted octanol–water partition coefficient (Wildman–Crippen LogP) is 2.68. The van der Waals surface area contributed by atoms with Crippen LogP contribution in [0.4, 0.5) is 0 Å². The lowest BCUT2D eigenvalue weighted by atomic mass is 9.52. The van der Waals surface area contributed by atoms with E-state index in [1.165, 1.54) is 45.2 Å². The Morgan fingerprint density at radius 1 is 0.889 bits per heavy atom. The van der Waals surface area contributed by atoms with Crippen molar-refractivity contribution in [3.8, 4) is 0 Å². The lowest BCUT2D eigenvalue weighted by Crippen LogP contribution is -2.46. The van der Waals surface area contributed by atoms with Gasteiger partial charge in [-0.25, -0.2) is 0 Å². The first-order valence-electron chi connectivity index (χ1n) is 8.17. The molecule has 0 spiro atoms. The Balaban J connectivity index is 1.29. The average Bonchev–Trinajstić information content (AvgIpc) is 2.85. The van der Waals surface area contributed by atoms with E-state index in [9.17, 15) is 0 Å². The van der Waals surface area contributed by atoms with Crippen molar-refractivity contribution in [1.82, 2.24) is 5.32 Å². The van der Waals surface area contributed by atoms with E-state index < -0.39 is 0 Å². The molecule has 5 aliphatic rings. The normalized spacial score (nSPS) is 50.0. The molecule has 1 heterocycles. The lowest BCUT2D eigenvalue weighted by molar-refractivity contribution is -0.0746. The summed E-state index contributed by atoms with van der Waals surface area (Å²) in [4.78, 5) is 0. The van der Waals surface area contributed by atoms with Gasteiger partial charge in [0.1, 0.15) is 0 Å². The molecule has 1 saturated heterocycles. The standard InChI is InChI=1S/C16H27NO/c1-2-17-8-11(1)9-18-10-16-14-4-12-3-13(6-14)7-15(16)5-12/h11-17H,1-10H2. The van der Waals surface area contributed by atoms with E-state index in [2.05, 4.69) is 5.32 Å². The SMILES string of the molecule is C1CC(COCC2C3CC4CC(C3)CC2C4)CN1. The van der Waals surface area contributed by atoms with Gasteiger partial charge in [0, 0.05) is 13.2 Å². The highest BCUT2D eigenvalue weighted by Crippen LogP contribution is 2.56. The Hall–Kier alpha value is -0.0800. The summed E-state index contributed by atoms with van der Waals surface area (Å²) in [7, 11) is 0. The first-order chi connectivity index (χ1) is 8.88. The third-order valence-electron chi connectivity index (χ3n) is 6.25. The van der Waals surface area contributed by atoms with Gasteiger partial charge in [-0.05, 0) is 80.6 Å². The molecule has 4 bridgehead atoms. The second-order valence-corrected chi connectivity index (χ2v) is 7.49. The van der Waals surface area contributed by atoms with Crippen LogP contribution >= 0.6 is 0 Å². The van der Waals surface area contributed by atoms with Crippen molar-refractivity contribution in [1.29, 1.82) is 0 Å². The largest absolute Gasteiger partial charge is 0.381 e. The highest BCUT2D eigenvalue weighted by molar-refractivity contribution is 4.97. The minimum atomic E-state index is 0.793. The molecule has 102 valence electrons. The van der Waals surface area contributed by atoms with Crippen LogP contribution in [0.1, 0.15) is 38.5 Å². The van der Waals surface area contributed by atoms with Crippen LogP contribution in [0.2, 0.25) is 0 Å². The molecule has 5 rings (SSSR count). The highest BCUT2D eigenvalue weighted by atomic mass is 16.5. The monoisotopic (exact) mass is 249 g/mol. The molecule has 1 atom stereocenters. The molecule has 1 aliphatic heterocycles. The molecule has 0 aromatic carbocycles. The van der Waals surface area contributed by atoms with Crippen LogP contribution in [-0.2, 0) is 4.74 Å². The fraction of sp³-hybridized carbons (Fsp3) is 1.00. The van der Waals surface area contributed by atoms with Gasteiger partial charge in [0.05, 0.1) is 6.61 Å². The zero-order valence-corrected chi connectivity index (χ0v) is 11.4. The molecule has 5 fully saturated rings. The fourth-order valence-electron chi connectivity index (χ4n) is 5.54. The molecular weight excluding hydrogens is 222 g/mol. The van der Waals surface area contributed by atoms with Crippen LogP contribution in [0, 0.1) is 35.5 Å². The maximum Gasteiger partial charge on any atom is 0.0507 e. The second kappa shape index (κ2) is 4.79. The van der Waals surface area contributed by atoms with E-state index in [1.807, 2.05) is 0 Å². The summed E-state index contributed by atoms with van der Waals surface area (Å²) in [5, 5.41) is 3.43. The molecule has 1 unspecified atom stereocenters. The van der Waals surface area contributed by atoms with Gasteiger partial charge >= 0.3 is 0 Å². The summed E-state index contributed by atoms with van der Waals surface area (Å²) < 4.78 is 6.10. The van der Waals surface area contributed by atoms with Gasteiger partial charge in [0.15, 0.2) is 0 Å². The fourth-order valence-corrected chi connectivity index (χ4v) is 5.54. The molecule has 18 heavy (non-hydrogen) atoms. The van der Waals surface area contributed by atoms with Gasteiger partial charge in [-0.1, -0.05) is 0 Å². The Kier molecular flexibility index (Phi) is 3.12. The molecule has 0 aromatic rings. The number of hydrogen-bond acceptors (Lipinski definition) is 2. The van der Waals surface area contributed by atoms with Crippen molar-refractivity contribution < 1.29 is 4.74 Å². The summed E-state index contributed by atoms with van der Waals surface area (Å²) in [6, 6.07) is 0. The molecule has 0 amide bonds. The van der Waals surface area contributed by atoms with Gasteiger partial charge in [0.2, 0.25) is 0 Å². The van der Waals surface area contributed by atoms with E-state index in [4.69, 9.17) is 4.74 Å². The molecule has 2 nitrogen and oxygen atoms in total. The topological polar surface area (TPSA) is 21.3 Å². The van der Waals surface area contributed by atoms with Gasteiger partial charge in [-0.15, -0.1) is 0 Å². The van der Waals surface area contributed by atoms with Crippen molar-refractivity contribution in [2.24, 2.45) is 35.5 Å². The van der Waals surface area contributed by atoms with Crippen molar-refractivity contribution in [2.45, 2.75) is 38.5 Å². The van der Waals surface area contributed by atoms with E-state index in [1.54, 1.807) is 6.42 Å². The minimum Gasteiger partial charge on any atom is -0.381 e. The third kappa shape index (κ3) is 2.12. The number of rotatable bonds is 4. The Morgan fingerprint density at radius 3 is 2.22 bits per heavy atom. The van der Waals surface area contributed by atoms with Crippen molar-refractivity contribution in [2.75, 3.05) is 26.3 Å². The lowest BCUT2D eigenvalue weighted by Gasteiger charge is -2.54. The average molecular weight is 249 g/mol. The molecule has 4 saturated carbocycles. The summed E-state index contributed by atoms with van der Waals surface area (Å²) >= 11 is 0. The molecule has 4 aliphatic carbocycles. The summed E-state index contributed by atoms with van der Waals surface area (Å²) in [5.41, 5.74) is 0. The van der Waals surface area contributed by atoms with Crippen molar-refractivity contribution in [3.05, 3.63) is 0 Å². The molecule has 1 N–H and O–H groups in total. The van der Waals surface area contributed by atoms with Crippen LogP contribution < -0.4 is 5.32 Å². The summed E-state index contributed by atoms with van der Waals surface area (Å²) in [6.07, 6.45) is 9.02. The Morgan fingerprint density at radius 2 is 1.61 bits per heavy atom. The number of hydrogen-bond donors (Lipinski definition) is 1. The zero-order valence-electron chi connectivity index (χ0n) is 11.4. The molecule has 2 heteroatoms. The van der Waals surface area contributed by atoms with Crippen LogP contribution in [0.15, 0.2) is 0 Å². The smallest absolute Gasteiger partial charge is 0.0507 e. The van der Waals surface area contributed by atoms with Crippen LogP contribution in [0.25, 0.3) is 0 Å². The first-order valence-corrected chi connectivity index (χ1v) is 8.17. The van der Waals surface area contributed by atoms with Crippen LogP contribution in [-0.4, -0.2) is 26.3 Å². The van der Waals surface area contributed by atoms with E-state index >= 15 is 0 Å². The predicted molar refractivity (Wildman–Crippen MR) is 72.3 cm³/mol. The molecular formula is C16H27NO. The van der Waals surface area contributed by atoms with Gasteiger partial charge < -0.3 is 10.1 Å². The van der Waals surface area contributed by atoms with Crippen molar-refractivity contribution in [3.63, 3.8) is 0 Å². The third-order valence-corrected chi connectivity index (χ3v) is 6.25. The van der Waals surface area contributed by atoms with E-state index in [-0.39, 0.29) is 0 Å². The second-order valence-electron chi connectivity index (χ2n) is 7.49. The highest BCUT2D eigenvalue weighted by Gasteiger charge is 2.47. The number of ether oxygens (including phenoxy) is 1. The van der Waals surface area contributed by atoms with Crippen LogP contribution in [0.3, 0.4) is 0 Å². The summed E-state index contributed by atoms with van der Waals surface area (Å²) in [6.45, 7) is 4.47. The van der Waals surface area contributed by atoms with Gasteiger partial charge in [0.25, 0.3) is 0 Å². The Bertz CT molecular complexity index is 269. The van der Waals surface area contributed by atoms with Gasteiger partial charge in [-0.3, -0.25) is 0 Å². The quantitative estimate of drug-likeness (QED) is 0.827. The number of nitrogens with one attached hydrogen (secondary N) is 1. The molecule has 0 aromatic heterocycles. The first kappa shape index (κ1) is 11.7. The van der Waals surface area contributed by atoms with E-state index in [0.29, 0.717) is 0 Å². The summed E-state index contributed by atoms with van der Waals surface area (Å²) in [5.74, 6) is 5.98. The minimum absolute atomic E-state index is 0.793. The Labute approximate surface area is 111 Å². The van der Waals surface area contributed by atoms with Gasteiger partial charge in [-0.2, -0.15) is 0 Å². The molecule has 0 radical (unpaired) electrons. The van der Waals surface area contributed by atoms with E-state index in [0.717, 1.165) is 48.7 Å².